The molecule has 5 heteroatoms. The van der Waals surface area contributed by atoms with Gasteiger partial charge in [0.05, 0.1) is 3.57 Å². The number of para-hydroxylation sites is 1. The lowest BCUT2D eigenvalue weighted by Gasteiger charge is -2.00. The molecule has 0 aliphatic carbocycles. The standard InChI is InChI=1S/C6H5IO3S/c7-5-3-1-2-4-6(5)10-11(8)9/h1-4H,(H,8,9). The largest absolute Gasteiger partial charge is 0.379 e. The van der Waals surface area contributed by atoms with Crippen LogP contribution in [0.4, 0.5) is 0 Å². The van der Waals surface area contributed by atoms with E-state index in [9.17, 15) is 4.21 Å². The first-order chi connectivity index (χ1) is 5.20. The zero-order chi connectivity index (χ0) is 8.27. The molecule has 1 atom stereocenters. The highest BCUT2D eigenvalue weighted by molar-refractivity contribution is 14.1. The van der Waals surface area contributed by atoms with Crippen molar-refractivity contribution in [1.82, 2.24) is 0 Å². The summed E-state index contributed by atoms with van der Waals surface area (Å²) in [6.07, 6.45) is 0. The van der Waals surface area contributed by atoms with Crippen molar-refractivity contribution in [2.75, 3.05) is 0 Å². The maximum atomic E-state index is 10.2. The predicted molar refractivity (Wildman–Crippen MR) is 50.6 cm³/mol. The molecule has 1 N–H and O–H groups in total. The molecule has 3 nitrogen and oxygen atoms in total. The minimum Gasteiger partial charge on any atom is -0.379 e. The van der Waals surface area contributed by atoms with Gasteiger partial charge in [-0.25, -0.2) is 0 Å². The molecular formula is C6H5IO3S. The molecule has 1 unspecified atom stereocenters. The molecule has 1 aromatic rings. The fraction of sp³-hybridized carbons (Fsp3) is 0. The van der Waals surface area contributed by atoms with Gasteiger partial charge in [-0.3, -0.25) is 4.55 Å². The molecule has 0 spiro atoms. The van der Waals surface area contributed by atoms with E-state index in [1.165, 1.54) is 0 Å². The van der Waals surface area contributed by atoms with Gasteiger partial charge in [0, 0.05) is 0 Å². The quantitative estimate of drug-likeness (QED) is 0.665. The fourth-order valence-electron chi connectivity index (χ4n) is 0.589. The molecule has 0 heterocycles. The predicted octanol–water partition coefficient (Wildman–Crippen LogP) is 1.81. The average molecular weight is 284 g/mol. The van der Waals surface area contributed by atoms with Crippen LogP contribution in [0.2, 0.25) is 0 Å². The van der Waals surface area contributed by atoms with Crippen molar-refractivity contribution in [3.8, 4) is 5.75 Å². The number of rotatable bonds is 2. The van der Waals surface area contributed by atoms with E-state index in [1.807, 2.05) is 28.7 Å². The molecule has 1 aromatic carbocycles. The first-order valence-electron chi connectivity index (χ1n) is 2.74. The van der Waals surface area contributed by atoms with Crippen LogP contribution in [-0.2, 0) is 11.4 Å². The number of halogens is 1. The van der Waals surface area contributed by atoms with Crippen LogP contribution in [0.15, 0.2) is 24.3 Å². The van der Waals surface area contributed by atoms with Crippen molar-refractivity contribution >= 4 is 34.0 Å². The minimum atomic E-state index is -2.23. The summed E-state index contributed by atoms with van der Waals surface area (Å²) in [5.41, 5.74) is 0. The van der Waals surface area contributed by atoms with Gasteiger partial charge in [-0.2, -0.15) is 4.21 Å². The summed E-state index contributed by atoms with van der Waals surface area (Å²) in [7, 11) is 0. The second-order valence-electron chi connectivity index (χ2n) is 1.73. The van der Waals surface area contributed by atoms with Crippen LogP contribution in [0.3, 0.4) is 0 Å². The Morgan fingerprint density at radius 1 is 1.45 bits per heavy atom. The van der Waals surface area contributed by atoms with Crippen LogP contribution in [0, 0.1) is 3.57 Å². The fourth-order valence-corrected chi connectivity index (χ4v) is 1.53. The first-order valence-corrected chi connectivity index (χ1v) is 4.85. The third kappa shape index (κ3) is 2.76. The van der Waals surface area contributed by atoms with Crippen molar-refractivity contribution in [2.24, 2.45) is 0 Å². The summed E-state index contributed by atoms with van der Waals surface area (Å²) in [6, 6.07) is 7.00. The Labute approximate surface area is 80.4 Å². The smallest absolute Gasteiger partial charge is 0.357 e. The van der Waals surface area contributed by atoms with Gasteiger partial charge in [-0.05, 0) is 34.7 Å². The van der Waals surface area contributed by atoms with Gasteiger partial charge in [0.15, 0.2) is 5.75 Å². The maximum Gasteiger partial charge on any atom is 0.357 e. The minimum absolute atomic E-state index is 0.425. The van der Waals surface area contributed by atoms with Gasteiger partial charge in [-0.1, -0.05) is 12.1 Å². The Kier molecular flexibility index (Phi) is 3.28. The summed E-state index contributed by atoms with van der Waals surface area (Å²) in [5.74, 6) is 0.425. The van der Waals surface area contributed by atoms with Gasteiger partial charge in [-0.15, -0.1) is 0 Å². The van der Waals surface area contributed by atoms with Crippen LogP contribution in [-0.4, -0.2) is 8.76 Å². The van der Waals surface area contributed by atoms with E-state index in [1.54, 1.807) is 18.2 Å². The molecule has 0 saturated carbocycles. The molecule has 0 aromatic heterocycles. The van der Waals surface area contributed by atoms with Gasteiger partial charge >= 0.3 is 11.4 Å². The second-order valence-corrected chi connectivity index (χ2v) is 3.49. The van der Waals surface area contributed by atoms with Crippen LogP contribution in [0.1, 0.15) is 0 Å². The van der Waals surface area contributed by atoms with E-state index < -0.39 is 11.4 Å². The zero-order valence-electron chi connectivity index (χ0n) is 5.36. The lowest BCUT2D eigenvalue weighted by atomic mass is 10.3. The molecular weight excluding hydrogens is 279 g/mol. The molecule has 0 radical (unpaired) electrons. The van der Waals surface area contributed by atoms with Crippen molar-refractivity contribution in [3.05, 3.63) is 27.8 Å². The Hall–Kier alpha value is -0.140. The van der Waals surface area contributed by atoms with Crippen molar-refractivity contribution < 1.29 is 12.9 Å². The number of hydrogen-bond acceptors (Lipinski definition) is 2. The molecule has 0 aliphatic rings. The van der Waals surface area contributed by atoms with Gasteiger partial charge < -0.3 is 4.18 Å². The summed E-state index contributed by atoms with van der Waals surface area (Å²) in [5, 5.41) is 0. The summed E-state index contributed by atoms with van der Waals surface area (Å²) < 4.78 is 24.0. The molecule has 11 heavy (non-hydrogen) atoms. The molecule has 0 saturated heterocycles. The highest BCUT2D eigenvalue weighted by Crippen LogP contribution is 2.19. The maximum absolute atomic E-state index is 10.2. The average Bonchev–Trinajstić information content (AvgIpc) is 1.93. The van der Waals surface area contributed by atoms with E-state index in [-0.39, 0.29) is 0 Å². The van der Waals surface area contributed by atoms with Crippen molar-refractivity contribution in [2.45, 2.75) is 0 Å². The molecule has 60 valence electrons. The topological polar surface area (TPSA) is 46.5 Å². The molecule has 0 aliphatic heterocycles. The van der Waals surface area contributed by atoms with E-state index in [0.717, 1.165) is 3.57 Å². The lowest BCUT2D eigenvalue weighted by Crippen LogP contribution is -1.98. The van der Waals surface area contributed by atoms with Crippen LogP contribution < -0.4 is 4.18 Å². The van der Waals surface area contributed by atoms with Crippen LogP contribution >= 0.6 is 22.6 Å². The number of hydrogen-bond donors (Lipinski definition) is 1. The van der Waals surface area contributed by atoms with Gasteiger partial charge in [0.2, 0.25) is 0 Å². The van der Waals surface area contributed by atoms with Crippen molar-refractivity contribution in [1.29, 1.82) is 0 Å². The third-order valence-corrected chi connectivity index (χ3v) is 2.21. The van der Waals surface area contributed by atoms with Gasteiger partial charge in [0.25, 0.3) is 0 Å². The highest BCUT2D eigenvalue weighted by atomic mass is 127. The molecule has 0 bridgehead atoms. The summed E-state index contributed by atoms with van der Waals surface area (Å²) in [4.78, 5) is 0. The summed E-state index contributed by atoms with van der Waals surface area (Å²) in [6.45, 7) is 0. The van der Waals surface area contributed by atoms with Crippen molar-refractivity contribution in [3.63, 3.8) is 0 Å². The summed E-state index contributed by atoms with van der Waals surface area (Å²) >= 11 is -0.208. The second kappa shape index (κ2) is 4.03. The van der Waals surface area contributed by atoms with Crippen LogP contribution in [0.25, 0.3) is 0 Å². The molecule has 0 amide bonds. The SMILES string of the molecule is O=S(O)Oc1ccccc1I. The molecule has 1 rings (SSSR count). The first kappa shape index (κ1) is 8.95. The highest BCUT2D eigenvalue weighted by Gasteiger charge is 2.01. The Bertz CT molecular complexity index is 276. The number of benzene rings is 1. The van der Waals surface area contributed by atoms with Crippen LogP contribution in [0.5, 0.6) is 5.75 Å². The molecule has 0 fully saturated rings. The Balaban J connectivity index is 2.86. The lowest BCUT2D eigenvalue weighted by molar-refractivity contribution is 0.456. The van der Waals surface area contributed by atoms with Gasteiger partial charge in [0.1, 0.15) is 0 Å². The Morgan fingerprint density at radius 3 is 2.64 bits per heavy atom. The van der Waals surface area contributed by atoms with E-state index in [4.69, 9.17) is 4.55 Å². The van der Waals surface area contributed by atoms with E-state index in [2.05, 4.69) is 4.18 Å². The third-order valence-electron chi connectivity index (χ3n) is 0.998. The van der Waals surface area contributed by atoms with E-state index >= 15 is 0 Å². The monoisotopic (exact) mass is 284 g/mol. The normalized spacial score (nSPS) is 12.5. The van der Waals surface area contributed by atoms with E-state index in [0.29, 0.717) is 5.75 Å². The Morgan fingerprint density at radius 2 is 2.09 bits per heavy atom. The zero-order valence-corrected chi connectivity index (χ0v) is 8.33.